The van der Waals surface area contributed by atoms with Crippen molar-refractivity contribution in [3.8, 4) is 5.75 Å². The molecule has 1 aromatic rings. The van der Waals surface area contributed by atoms with Crippen molar-refractivity contribution in [2.24, 2.45) is 11.8 Å². The molecule has 110 valence electrons. The molecule has 3 heteroatoms. The molecule has 1 aliphatic carbocycles. The quantitative estimate of drug-likeness (QED) is 0.700. The fraction of sp³-hybridized carbons (Fsp3) is 0.529. The third-order valence-corrected chi connectivity index (χ3v) is 4.62. The first-order valence-electron chi connectivity index (χ1n) is 7.22. The van der Waals surface area contributed by atoms with Gasteiger partial charge in [0.25, 0.3) is 0 Å². The SMILES string of the molecule is C=CC(C)C1CCC(c2ccc(OC)c(F)c2F)CC1. The fourth-order valence-electron chi connectivity index (χ4n) is 3.17. The van der Waals surface area contributed by atoms with Crippen LogP contribution in [0.2, 0.25) is 0 Å². The number of benzene rings is 1. The average molecular weight is 280 g/mol. The minimum atomic E-state index is -0.869. The Bertz CT molecular complexity index is 476. The van der Waals surface area contributed by atoms with Gasteiger partial charge in [0.05, 0.1) is 7.11 Å². The van der Waals surface area contributed by atoms with Gasteiger partial charge >= 0.3 is 0 Å². The lowest BCUT2D eigenvalue weighted by atomic mass is 9.74. The Labute approximate surface area is 119 Å². The molecule has 0 heterocycles. The lowest BCUT2D eigenvalue weighted by molar-refractivity contribution is 0.272. The van der Waals surface area contributed by atoms with E-state index in [1.807, 2.05) is 6.08 Å². The summed E-state index contributed by atoms with van der Waals surface area (Å²) in [6.07, 6.45) is 5.89. The van der Waals surface area contributed by atoms with E-state index in [4.69, 9.17) is 4.74 Å². The van der Waals surface area contributed by atoms with Crippen LogP contribution < -0.4 is 4.74 Å². The first-order chi connectivity index (χ1) is 9.58. The zero-order chi connectivity index (χ0) is 14.7. The summed E-state index contributed by atoms with van der Waals surface area (Å²) in [7, 11) is 1.35. The molecule has 0 bridgehead atoms. The average Bonchev–Trinajstić information content (AvgIpc) is 2.49. The van der Waals surface area contributed by atoms with Crippen LogP contribution in [0.3, 0.4) is 0 Å². The van der Waals surface area contributed by atoms with E-state index in [-0.39, 0.29) is 11.7 Å². The Hall–Kier alpha value is -1.38. The van der Waals surface area contributed by atoms with Crippen LogP contribution in [0.4, 0.5) is 8.78 Å². The Morgan fingerprint density at radius 3 is 2.40 bits per heavy atom. The van der Waals surface area contributed by atoms with Crippen molar-refractivity contribution in [2.45, 2.75) is 38.5 Å². The number of rotatable bonds is 4. The molecule has 1 aromatic carbocycles. The molecular formula is C17H22F2O. The van der Waals surface area contributed by atoms with Gasteiger partial charge in [0.15, 0.2) is 11.6 Å². The van der Waals surface area contributed by atoms with E-state index in [1.165, 1.54) is 13.2 Å². The van der Waals surface area contributed by atoms with Crippen molar-refractivity contribution in [3.63, 3.8) is 0 Å². The summed E-state index contributed by atoms with van der Waals surface area (Å²) in [6, 6.07) is 3.19. The van der Waals surface area contributed by atoms with Crippen LogP contribution >= 0.6 is 0 Å². The van der Waals surface area contributed by atoms with Gasteiger partial charge in [-0.2, -0.15) is 4.39 Å². The zero-order valence-electron chi connectivity index (χ0n) is 12.2. The maximum atomic E-state index is 14.1. The van der Waals surface area contributed by atoms with E-state index in [0.29, 0.717) is 17.4 Å². The summed E-state index contributed by atoms with van der Waals surface area (Å²) in [5, 5.41) is 0. The third kappa shape index (κ3) is 2.87. The molecule has 1 nitrogen and oxygen atoms in total. The van der Waals surface area contributed by atoms with Crippen LogP contribution in [-0.4, -0.2) is 7.11 Å². The minimum Gasteiger partial charge on any atom is -0.494 e. The largest absolute Gasteiger partial charge is 0.494 e. The van der Waals surface area contributed by atoms with Crippen molar-refractivity contribution in [3.05, 3.63) is 42.0 Å². The van der Waals surface area contributed by atoms with Crippen LogP contribution in [-0.2, 0) is 0 Å². The second kappa shape index (κ2) is 6.38. The van der Waals surface area contributed by atoms with E-state index >= 15 is 0 Å². The number of halogens is 2. The molecule has 0 aliphatic heterocycles. The van der Waals surface area contributed by atoms with Crippen LogP contribution in [0, 0.1) is 23.5 Å². The summed E-state index contributed by atoms with van der Waals surface area (Å²) in [5.74, 6) is -0.414. The van der Waals surface area contributed by atoms with E-state index in [1.54, 1.807) is 6.07 Å². The first-order valence-corrected chi connectivity index (χ1v) is 7.22. The monoisotopic (exact) mass is 280 g/mol. The summed E-state index contributed by atoms with van der Waals surface area (Å²) < 4.78 is 32.7. The number of ether oxygens (including phenoxy) is 1. The van der Waals surface area contributed by atoms with Crippen molar-refractivity contribution in [1.29, 1.82) is 0 Å². The van der Waals surface area contributed by atoms with Gasteiger partial charge in [-0.3, -0.25) is 0 Å². The molecule has 0 aromatic heterocycles. The predicted molar refractivity (Wildman–Crippen MR) is 77.0 cm³/mol. The summed E-state index contributed by atoms with van der Waals surface area (Å²) in [5.41, 5.74) is 0.494. The number of allylic oxidation sites excluding steroid dienone is 1. The van der Waals surface area contributed by atoms with Gasteiger partial charge in [0, 0.05) is 0 Å². The maximum Gasteiger partial charge on any atom is 0.200 e. The van der Waals surface area contributed by atoms with Crippen molar-refractivity contribution >= 4 is 0 Å². The fourth-order valence-corrected chi connectivity index (χ4v) is 3.17. The van der Waals surface area contributed by atoms with Crippen molar-refractivity contribution < 1.29 is 13.5 Å². The predicted octanol–water partition coefficient (Wildman–Crippen LogP) is 5.07. The standard InChI is InChI=1S/C17H22F2O/c1-4-11(2)12-5-7-13(8-6-12)14-9-10-15(20-3)17(19)16(14)18/h4,9-13H,1,5-8H2,2-3H3. The highest BCUT2D eigenvalue weighted by molar-refractivity contribution is 5.33. The normalized spacial score (nSPS) is 24.2. The first kappa shape index (κ1) is 15.0. The summed E-state index contributed by atoms with van der Waals surface area (Å²) in [6.45, 7) is 6.01. The molecule has 1 unspecified atom stereocenters. The van der Waals surface area contributed by atoms with E-state index in [0.717, 1.165) is 25.7 Å². The Morgan fingerprint density at radius 2 is 1.85 bits per heavy atom. The molecule has 0 saturated heterocycles. The molecule has 1 aliphatic rings. The number of hydrogen-bond donors (Lipinski definition) is 0. The Kier molecular flexibility index (Phi) is 4.79. The zero-order valence-corrected chi connectivity index (χ0v) is 12.2. The third-order valence-electron chi connectivity index (χ3n) is 4.62. The molecule has 0 amide bonds. The second-order valence-electron chi connectivity index (χ2n) is 5.69. The van der Waals surface area contributed by atoms with E-state index in [9.17, 15) is 8.78 Å². The summed E-state index contributed by atoms with van der Waals surface area (Å²) in [4.78, 5) is 0. The van der Waals surface area contributed by atoms with Gasteiger partial charge in [-0.05, 0) is 55.1 Å². The molecule has 1 atom stereocenters. The lowest BCUT2D eigenvalue weighted by Gasteiger charge is -2.31. The van der Waals surface area contributed by atoms with Crippen LogP contribution in [0.5, 0.6) is 5.75 Å². The molecule has 20 heavy (non-hydrogen) atoms. The molecule has 0 N–H and O–H groups in total. The van der Waals surface area contributed by atoms with Crippen LogP contribution in [0.1, 0.15) is 44.1 Å². The van der Waals surface area contributed by atoms with Crippen molar-refractivity contribution in [1.82, 2.24) is 0 Å². The highest BCUT2D eigenvalue weighted by Crippen LogP contribution is 2.40. The minimum absolute atomic E-state index is 0.0276. The van der Waals surface area contributed by atoms with Gasteiger partial charge in [0.1, 0.15) is 0 Å². The topological polar surface area (TPSA) is 9.23 Å². The highest BCUT2D eigenvalue weighted by atomic mass is 19.2. The molecule has 1 fully saturated rings. The number of methoxy groups -OCH3 is 1. The number of hydrogen-bond acceptors (Lipinski definition) is 1. The van der Waals surface area contributed by atoms with Gasteiger partial charge in [0.2, 0.25) is 5.82 Å². The molecule has 0 spiro atoms. The smallest absolute Gasteiger partial charge is 0.200 e. The Balaban J connectivity index is 2.11. The van der Waals surface area contributed by atoms with Crippen LogP contribution in [0.25, 0.3) is 0 Å². The summed E-state index contributed by atoms with van der Waals surface area (Å²) >= 11 is 0. The highest BCUT2D eigenvalue weighted by Gasteiger charge is 2.28. The lowest BCUT2D eigenvalue weighted by Crippen LogP contribution is -2.19. The van der Waals surface area contributed by atoms with Gasteiger partial charge < -0.3 is 4.74 Å². The molecular weight excluding hydrogens is 258 g/mol. The van der Waals surface area contributed by atoms with Gasteiger partial charge in [-0.1, -0.05) is 19.1 Å². The van der Waals surface area contributed by atoms with E-state index < -0.39 is 11.6 Å². The molecule has 1 saturated carbocycles. The Morgan fingerprint density at radius 1 is 1.20 bits per heavy atom. The van der Waals surface area contributed by atoms with Crippen molar-refractivity contribution in [2.75, 3.05) is 7.11 Å². The van der Waals surface area contributed by atoms with E-state index in [2.05, 4.69) is 13.5 Å². The maximum absolute atomic E-state index is 14.1. The van der Waals surface area contributed by atoms with Gasteiger partial charge in [-0.15, -0.1) is 6.58 Å². The second-order valence-corrected chi connectivity index (χ2v) is 5.69. The molecule has 0 radical (unpaired) electrons. The van der Waals surface area contributed by atoms with Gasteiger partial charge in [-0.25, -0.2) is 4.39 Å². The van der Waals surface area contributed by atoms with Crippen LogP contribution in [0.15, 0.2) is 24.8 Å². The molecule has 2 rings (SSSR count).